The number of phosphoric acid groups is 1. The lowest BCUT2D eigenvalue weighted by Gasteiger charge is -2.15. The Morgan fingerprint density at radius 3 is 1.81 bits per heavy atom. The zero-order chi connectivity index (χ0) is 31.9. The van der Waals surface area contributed by atoms with E-state index < -0.39 is 26.5 Å². The second kappa shape index (κ2) is 30.3. The third-order valence-corrected chi connectivity index (χ3v) is 7.60. The summed E-state index contributed by atoms with van der Waals surface area (Å²) in [6.45, 7) is 2.55. The number of hydrogen-bond acceptors (Lipinski definition) is 7. The van der Waals surface area contributed by atoms with E-state index >= 15 is 0 Å². The van der Waals surface area contributed by atoms with E-state index in [4.69, 9.17) is 4.74 Å². The topological polar surface area (TPSA) is 131 Å². The normalized spacial score (nSPS) is 14.0. The van der Waals surface area contributed by atoms with E-state index in [0.717, 1.165) is 32.1 Å². The molecule has 0 aromatic rings. The number of amides is 1. The molecule has 0 rings (SSSR count). The molecule has 1 amide bonds. The van der Waals surface area contributed by atoms with Gasteiger partial charge in [-0.1, -0.05) is 108 Å². The summed E-state index contributed by atoms with van der Waals surface area (Å²) in [7, 11) is -4.36. The van der Waals surface area contributed by atoms with Crippen molar-refractivity contribution in [2.24, 2.45) is 0 Å². The number of hydrogen-bond donors (Lipinski definition) is 3. The van der Waals surface area contributed by atoms with Crippen LogP contribution in [0.5, 0.6) is 0 Å². The Kier molecular flexibility index (Phi) is 29.0. The van der Waals surface area contributed by atoms with Crippen molar-refractivity contribution < 1.29 is 37.9 Å². The summed E-state index contributed by atoms with van der Waals surface area (Å²) >= 11 is 0. The molecule has 0 aliphatic rings. The molecule has 0 saturated carbocycles. The summed E-state index contributed by atoms with van der Waals surface area (Å²) in [6.07, 6.45) is 32.6. The Bertz CT molecular complexity index is 815. The molecule has 0 aromatic carbocycles. The van der Waals surface area contributed by atoms with Crippen molar-refractivity contribution in [3.63, 3.8) is 0 Å². The number of unbranched alkanes of at least 4 members (excludes halogenated alkanes) is 13. The highest BCUT2D eigenvalue weighted by molar-refractivity contribution is 7.47. The Hall–Kier alpha value is -1.77. The van der Waals surface area contributed by atoms with Crippen molar-refractivity contribution in [3.8, 4) is 0 Å². The van der Waals surface area contributed by atoms with Gasteiger partial charge in [0.15, 0.2) is 0 Å². The Morgan fingerprint density at radius 2 is 1.26 bits per heavy atom. The van der Waals surface area contributed by atoms with Crippen LogP contribution in [0.1, 0.15) is 129 Å². The first-order valence-electron chi connectivity index (χ1n) is 16.4. The van der Waals surface area contributed by atoms with Crippen molar-refractivity contribution in [1.29, 1.82) is 0 Å². The number of rotatable bonds is 30. The third kappa shape index (κ3) is 33.0. The molecule has 0 aromatic heterocycles. The van der Waals surface area contributed by atoms with E-state index in [1.807, 2.05) is 0 Å². The van der Waals surface area contributed by atoms with Gasteiger partial charge in [-0.05, 0) is 44.9 Å². The number of phosphoric ester groups is 1. The smallest absolute Gasteiger partial charge is 0.463 e. The lowest BCUT2D eigenvalue weighted by Crippen LogP contribution is -2.25. The first-order valence-corrected chi connectivity index (χ1v) is 17.9. The standard InChI is InChI=1S/C33H60NO8P/c1-3-4-5-6-7-8-9-10-11-12-13-14-15-16-17-18-19-20-21-22-23-24-25-26-33(37)40-29-32(36)30-42-43(38,39)41-28-27-34-31(2)35/h7-8,10-11,13-14,32,36H,3-6,9,12,15-30H2,1-2H3,(H,34,35)(H,38,39)/b8-7-,11-10-,14-13-. The highest BCUT2D eigenvalue weighted by Gasteiger charge is 2.23. The van der Waals surface area contributed by atoms with Gasteiger partial charge in [0.05, 0.1) is 13.2 Å². The maximum atomic E-state index is 11.8. The van der Waals surface area contributed by atoms with Gasteiger partial charge in [0, 0.05) is 19.9 Å². The molecule has 0 fully saturated rings. The molecule has 0 aliphatic carbocycles. The van der Waals surface area contributed by atoms with E-state index in [0.29, 0.717) is 0 Å². The molecule has 0 bridgehead atoms. The number of allylic oxidation sites excluding steroid dienone is 6. The Balaban J connectivity index is 3.49. The van der Waals surface area contributed by atoms with Crippen LogP contribution in [0.3, 0.4) is 0 Å². The predicted octanol–water partition coefficient (Wildman–Crippen LogP) is 7.87. The molecule has 0 aliphatic heterocycles. The number of ether oxygens (including phenoxy) is 1. The fourth-order valence-corrected chi connectivity index (χ4v) is 4.91. The molecule has 0 saturated heterocycles. The number of esters is 1. The van der Waals surface area contributed by atoms with Gasteiger partial charge < -0.3 is 20.1 Å². The summed E-state index contributed by atoms with van der Waals surface area (Å²) in [5.41, 5.74) is 0. The third-order valence-electron chi connectivity index (χ3n) is 6.62. The van der Waals surface area contributed by atoms with Gasteiger partial charge in [-0.25, -0.2) is 4.57 Å². The van der Waals surface area contributed by atoms with Crippen LogP contribution >= 0.6 is 7.82 Å². The summed E-state index contributed by atoms with van der Waals surface area (Å²) in [5.74, 6) is -0.702. The molecule has 0 heterocycles. The van der Waals surface area contributed by atoms with Crippen molar-refractivity contribution in [2.45, 2.75) is 136 Å². The molecule has 2 unspecified atom stereocenters. The first-order chi connectivity index (χ1) is 20.8. The lowest BCUT2D eigenvalue weighted by molar-refractivity contribution is -0.147. The van der Waals surface area contributed by atoms with E-state index in [-0.39, 0.29) is 32.1 Å². The van der Waals surface area contributed by atoms with Crippen molar-refractivity contribution in [3.05, 3.63) is 36.5 Å². The average molecular weight is 630 g/mol. The van der Waals surface area contributed by atoms with Gasteiger partial charge in [-0.2, -0.15) is 0 Å². The number of nitrogens with one attached hydrogen (secondary N) is 1. The molecule has 9 nitrogen and oxygen atoms in total. The summed E-state index contributed by atoms with van der Waals surface area (Å²) in [5, 5.41) is 12.2. The van der Waals surface area contributed by atoms with E-state index in [1.54, 1.807) is 0 Å². The number of carbonyl (C=O) groups excluding carboxylic acids is 2. The van der Waals surface area contributed by atoms with Gasteiger partial charge in [-0.15, -0.1) is 0 Å². The lowest BCUT2D eigenvalue weighted by atomic mass is 10.1. The minimum absolute atomic E-state index is 0.0541. The van der Waals surface area contributed by atoms with Crippen LogP contribution in [0.4, 0.5) is 0 Å². The van der Waals surface area contributed by atoms with Crippen LogP contribution in [0.2, 0.25) is 0 Å². The average Bonchev–Trinajstić information content (AvgIpc) is 2.97. The minimum Gasteiger partial charge on any atom is -0.463 e. The molecule has 250 valence electrons. The second-order valence-electron chi connectivity index (χ2n) is 10.9. The summed E-state index contributed by atoms with van der Waals surface area (Å²) in [4.78, 5) is 32.1. The monoisotopic (exact) mass is 629 g/mol. The quantitative estimate of drug-likeness (QED) is 0.0317. The van der Waals surface area contributed by atoms with Crippen molar-refractivity contribution in [1.82, 2.24) is 5.32 Å². The van der Waals surface area contributed by atoms with Gasteiger partial charge >= 0.3 is 13.8 Å². The van der Waals surface area contributed by atoms with Gasteiger partial charge in [0.1, 0.15) is 12.7 Å². The zero-order valence-corrected chi connectivity index (χ0v) is 27.8. The first kappa shape index (κ1) is 41.2. The Labute approximate surface area is 261 Å². The van der Waals surface area contributed by atoms with Crippen molar-refractivity contribution in [2.75, 3.05) is 26.4 Å². The van der Waals surface area contributed by atoms with Gasteiger partial charge in [-0.3, -0.25) is 18.6 Å². The second-order valence-corrected chi connectivity index (χ2v) is 12.3. The molecule has 10 heteroatoms. The molecule has 0 radical (unpaired) electrons. The van der Waals surface area contributed by atoms with Crippen LogP contribution in [0.15, 0.2) is 36.5 Å². The fraction of sp³-hybridized carbons (Fsp3) is 0.758. The zero-order valence-electron chi connectivity index (χ0n) is 26.9. The SMILES string of the molecule is CCCCC/C=C\C/C=C\C/C=C\CCCCCCCCCCCCC(=O)OCC(O)COP(=O)(O)OCCNC(C)=O. The summed E-state index contributed by atoms with van der Waals surface area (Å²) in [6, 6.07) is 0. The highest BCUT2D eigenvalue weighted by atomic mass is 31.2. The molecule has 0 spiro atoms. The van der Waals surface area contributed by atoms with Crippen LogP contribution in [0.25, 0.3) is 0 Å². The molecular weight excluding hydrogens is 569 g/mol. The minimum atomic E-state index is -4.36. The number of aliphatic hydroxyl groups is 1. The molecular formula is C33H60NO8P. The van der Waals surface area contributed by atoms with Crippen LogP contribution in [-0.2, 0) is 27.9 Å². The summed E-state index contributed by atoms with van der Waals surface area (Å²) < 4.78 is 26.0. The van der Waals surface area contributed by atoms with E-state index in [2.05, 4.69) is 57.7 Å². The predicted molar refractivity (Wildman–Crippen MR) is 174 cm³/mol. The van der Waals surface area contributed by atoms with Crippen LogP contribution < -0.4 is 5.32 Å². The Morgan fingerprint density at radius 1 is 0.744 bits per heavy atom. The maximum Gasteiger partial charge on any atom is 0.472 e. The molecule has 3 N–H and O–H groups in total. The number of carbonyl (C=O) groups is 2. The highest BCUT2D eigenvalue weighted by Crippen LogP contribution is 2.42. The maximum absolute atomic E-state index is 11.8. The van der Waals surface area contributed by atoms with Gasteiger partial charge in [0.2, 0.25) is 5.91 Å². The fourth-order valence-electron chi connectivity index (χ4n) is 4.15. The molecule has 43 heavy (non-hydrogen) atoms. The number of aliphatic hydroxyl groups excluding tert-OH is 1. The van der Waals surface area contributed by atoms with E-state index in [1.165, 1.54) is 84.0 Å². The molecule has 2 atom stereocenters. The van der Waals surface area contributed by atoms with Crippen LogP contribution in [0, 0.1) is 0 Å². The van der Waals surface area contributed by atoms with E-state index in [9.17, 15) is 24.2 Å². The van der Waals surface area contributed by atoms with Gasteiger partial charge in [0.25, 0.3) is 0 Å². The largest absolute Gasteiger partial charge is 0.472 e. The van der Waals surface area contributed by atoms with Crippen LogP contribution in [-0.4, -0.2) is 54.3 Å². The van der Waals surface area contributed by atoms with Crippen molar-refractivity contribution >= 4 is 19.7 Å².